The standard InChI is InChI=1S/C21H19N3O2/c1-14-13-16(25)9-10-17(14)23-21(26)18-6-4-8-20(22-18)24-12-11-15-5-2-3-7-19(15)24/h2-10,13,25H,11-12H2,1H3,(H,23,26). The number of para-hydroxylation sites is 1. The van der Waals surface area contributed by atoms with Gasteiger partial charge in [0.15, 0.2) is 0 Å². The van der Waals surface area contributed by atoms with Crippen molar-refractivity contribution in [2.45, 2.75) is 13.3 Å². The van der Waals surface area contributed by atoms with E-state index in [1.165, 1.54) is 5.56 Å². The summed E-state index contributed by atoms with van der Waals surface area (Å²) in [7, 11) is 0. The van der Waals surface area contributed by atoms with E-state index in [9.17, 15) is 9.90 Å². The zero-order chi connectivity index (χ0) is 18.1. The van der Waals surface area contributed by atoms with Crippen molar-refractivity contribution in [1.82, 2.24) is 4.98 Å². The molecule has 130 valence electrons. The van der Waals surface area contributed by atoms with Crippen LogP contribution in [0.3, 0.4) is 0 Å². The van der Waals surface area contributed by atoms with Crippen LogP contribution in [0.15, 0.2) is 60.7 Å². The van der Waals surface area contributed by atoms with E-state index < -0.39 is 0 Å². The Kier molecular flexibility index (Phi) is 4.05. The van der Waals surface area contributed by atoms with Crippen LogP contribution in [0.5, 0.6) is 5.75 Å². The SMILES string of the molecule is Cc1cc(O)ccc1NC(=O)c1cccc(N2CCc3ccccc32)n1. The number of fused-ring (bicyclic) bond motifs is 1. The molecule has 3 aromatic rings. The topological polar surface area (TPSA) is 65.5 Å². The Balaban J connectivity index is 1.59. The molecule has 0 atom stereocenters. The number of anilines is 3. The van der Waals surface area contributed by atoms with Gasteiger partial charge in [-0.25, -0.2) is 4.98 Å². The molecule has 2 N–H and O–H groups in total. The van der Waals surface area contributed by atoms with Crippen molar-refractivity contribution >= 4 is 23.1 Å². The van der Waals surface area contributed by atoms with E-state index in [0.717, 1.165) is 30.0 Å². The third-order valence-electron chi connectivity index (χ3n) is 4.59. The molecule has 1 aliphatic rings. The van der Waals surface area contributed by atoms with Crippen molar-refractivity contribution in [3.8, 4) is 5.75 Å². The Morgan fingerprint density at radius 3 is 2.81 bits per heavy atom. The number of carbonyl (C=O) groups is 1. The Hall–Kier alpha value is -3.34. The van der Waals surface area contributed by atoms with Crippen molar-refractivity contribution in [2.75, 3.05) is 16.8 Å². The van der Waals surface area contributed by atoms with Gasteiger partial charge in [0.2, 0.25) is 0 Å². The fourth-order valence-electron chi connectivity index (χ4n) is 3.25. The van der Waals surface area contributed by atoms with Gasteiger partial charge in [-0.05, 0) is 60.9 Å². The number of aromatic nitrogens is 1. The van der Waals surface area contributed by atoms with Crippen molar-refractivity contribution in [2.24, 2.45) is 0 Å². The lowest BCUT2D eigenvalue weighted by molar-refractivity contribution is 0.102. The predicted molar refractivity (Wildman–Crippen MR) is 102 cm³/mol. The molecule has 0 bridgehead atoms. The van der Waals surface area contributed by atoms with Gasteiger partial charge < -0.3 is 15.3 Å². The molecule has 1 aliphatic heterocycles. The number of pyridine rings is 1. The van der Waals surface area contributed by atoms with E-state index in [4.69, 9.17) is 0 Å². The van der Waals surface area contributed by atoms with Gasteiger partial charge >= 0.3 is 0 Å². The van der Waals surface area contributed by atoms with Gasteiger partial charge in [0.25, 0.3) is 5.91 Å². The van der Waals surface area contributed by atoms with E-state index >= 15 is 0 Å². The van der Waals surface area contributed by atoms with Gasteiger partial charge in [0.05, 0.1) is 0 Å². The normalized spacial score (nSPS) is 12.7. The summed E-state index contributed by atoms with van der Waals surface area (Å²) in [4.78, 5) is 19.3. The fraction of sp³-hybridized carbons (Fsp3) is 0.143. The van der Waals surface area contributed by atoms with Crippen LogP contribution in [-0.2, 0) is 6.42 Å². The summed E-state index contributed by atoms with van der Waals surface area (Å²) in [5.41, 5.74) is 4.25. The summed E-state index contributed by atoms with van der Waals surface area (Å²) in [5, 5.41) is 12.4. The number of aromatic hydroxyl groups is 1. The molecule has 26 heavy (non-hydrogen) atoms. The maximum atomic E-state index is 12.6. The minimum Gasteiger partial charge on any atom is -0.508 e. The fourth-order valence-corrected chi connectivity index (χ4v) is 3.25. The Morgan fingerprint density at radius 2 is 1.96 bits per heavy atom. The molecular weight excluding hydrogens is 326 g/mol. The number of hydrogen-bond acceptors (Lipinski definition) is 4. The Morgan fingerprint density at radius 1 is 1.12 bits per heavy atom. The Bertz CT molecular complexity index is 984. The van der Waals surface area contributed by atoms with Gasteiger partial charge in [-0.2, -0.15) is 0 Å². The van der Waals surface area contributed by atoms with E-state index in [1.54, 1.807) is 24.3 Å². The van der Waals surface area contributed by atoms with Crippen LogP contribution in [0.2, 0.25) is 0 Å². The quantitative estimate of drug-likeness (QED) is 0.703. The van der Waals surface area contributed by atoms with E-state index in [-0.39, 0.29) is 11.7 Å². The lowest BCUT2D eigenvalue weighted by Gasteiger charge is -2.19. The second-order valence-corrected chi connectivity index (χ2v) is 6.36. The molecule has 0 radical (unpaired) electrons. The zero-order valence-corrected chi connectivity index (χ0v) is 14.4. The number of nitrogens with zero attached hydrogens (tertiary/aromatic N) is 2. The number of amides is 1. The molecule has 5 nitrogen and oxygen atoms in total. The number of rotatable bonds is 3. The number of phenols is 1. The first-order chi connectivity index (χ1) is 12.6. The molecule has 0 fully saturated rings. The van der Waals surface area contributed by atoms with Crippen molar-refractivity contribution < 1.29 is 9.90 Å². The largest absolute Gasteiger partial charge is 0.508 e. The summed E-state index contributed by atoms with van der Waals surface area (Å²) in [6, 6.07) is 18.6. The first-order valence-electron chi connectivity index (χ1n) is 8.55. The molecule has 5 heteroatoms. The third-order valence-corrected chi connectivity index (χ3v) is 4.59. The molecule has 1 aromatic heterocycles. The summed E-state index contributed by atoms with van der Waals surface area (Å²) in [6.45, 7) is 2.69. The molecule has 4 rings (SSSR count). The number of aryl methyl sites for hydroxylation is 1. The average molecular weight is 345 g/mol. The number of hydrogen-bond donors (Lipinski definition) is 2. The Labute approximate surface area is 151 Å². The van der Waals surface area contributed by atoms with Crippen LogP contribution in [0.4, 0.5) is 17.2 Å². The minimum absolute atomic E-state index is 0.174. The van der Waals surface area contributed by atoms with Gasteiger partial charge in [0.1, 0.15) is 17.3 Å². The van der Waals surface area contributed by atoms with Crippen molar-refractivity contribution in [3.63, 3.8) is 0 Å². The molecule has 2 aromatic carbocycles. The molecular formula is C21H19N3O2. The van der Waals surface area contributed by atoms with Gasteiger partial charge in [0, 0.05) is 17.9 Å². The second kappa shape index (κ2) is 6.52. The highest BCUT2D eigenvalue weighted by Gasteiger charge is 2.21. The van der Waals surface area contributed by atoms with Gasteiger partial charge in [-0.3, -0.25) is 4.79 Å². The highest BCUT2D eigenvalue weighted by Crippen LogP contribution is 2.33. The van der Waals surface area contributed by atoms with E-state index in [0.29, 0.717) is 11.4 Å². The van der Waals surface area contributed by atoms with E-state index in [2.05, 4.69) is 27.3 Å². The lowest BCUT2D eigenvalue weighted by atomic mass is 10.2. The maximum Gasteiger partial charge on any atom is 0.274 e. The van der Waals surface area contributed by atoms with Crippen LogP contribution in [-0.4, -0.2) is 22.5 Å². The zero-order valence-electron chi connectivity index (χ0n) is 14.4. The first kappa shape index (κ1) is 16.1. The highest BCUT2D eigenvalue weighted by molar-refractivity contribution is 6.03. The molecule has 0 saturated carbocycles. The average Bonchev–Trinajstić information content (AvgIpc) is 3.08. The monoisotopic (exact) mass is 345 g/mol. The molecule has 0 spiro atoms. The summed E-state index contributed by atoms with van der Waals surface area (Å²) < 4.78 is 0. The summed E-state index contributed by atoms with van der Waals surface area (Å²) in [6.07, 6.45) is 0.973. The van der Waals surface area contributed by atoms with E-state index in [1.807, 2.05) is 31.2 Å². The number of nitrogens with one attached hydrogen (secondary N) is 1. The van der Waals surface area contributed by atoms with Crippen LogP contribution in [0, 0.1) is 6.92 Å². The van der Waals surface area contributed by atoms with Crippen LogP contribution in [0.1, 0.15) is 21.6 Å². The van der Waals surface area contributed by atoms with Gasteiger partial charge in [-0.1, -0.05) is 24.3 Å². The number of benzene rings is 2. The number of carbonyl (C=O) groups excluding carboxylic acids is 1. The molecule has 0 aliphatic carbocycles. The lowest BCUT2D eigenvalue weighted by Crippen LogP contribution is -2.19. The molecule has 0 saturated heterocycles. The molecule has 2 heterocycles. The minimum atomic E-state index is -0.270. The van der Waals surface area contributed by atoms with Gasteiger partial charge in [-0.15, -0.1) is 0 Å². The molecule has 0 unspecified atom stereocenters. The molecule has 1 amide bonds. The second-order valence-electron chi connectivity index (χ2n) is 6.36. The van der Waals surface area contributed by atoms with Crippen LogP contribution < -0.4 is 10.2 Å². The first-order valence-corrected chi connectivity index (χ1v) is 8.55. The maximum absolute atomic E-state index is 12.6. The number of phenolic OH excluding ortho intramolecular Hbond substituents is 1. The van der Waals surface area contributed by atoms with Crippen molar-refractivity contribution in [3.05, 3.63) is 77.5 Å². The highest BCUT2D eigenvalue weighted by atomic mass is 16.3. The van der Waals surface area contributed by atoms with Crippen LogP contribution in [0.25, 0.3) is 0 Å². The third kappa shape index (κ3) is 2.99. The predicted octanol–water partition coefficient (Wildman–Crippen LogP) is 4.04. The smallest absolute Gasteiger partial charge is 0.274 e. The summed E-state index contributed by atoms with van der Waals surface area (Å²) >= 11 is 0. The summed E-state index contributed by atoms with van der Waals surface area (Å²) in [5.74, 6) is 0.673. The van der Waals surface area contributed by atoms with Crippen LogP contribution >= 0.6 is 0 Å². The van der Waals surface area contributed by atoms with Crippen molar-refractivity contribution in [1.29, 1.82) is 0 Å².